The Morgan fingerprint density at radius 2 is 1.96 bits per heavy atom. The zero-order chi connectivity index (χ0) is 19.3. The lowest BCUT2D eigenvalue weighted by Crippen LogP contribution is -2.48. The summed E-state index contributed by atoms with van der Waals surface area (Å²) in [5.41, 5.74) is 1.55. The highest BCUT2D eigenvalue weighted by molar-refractivity contribution is 5.92. The molecule has 28 heavy (non-hydrogen) atoms. The van der Waals surface area contributed by atoms with E-state index < -0.39 is 0 Å². The van der Waals surface area contributed by atoms with E-state index in [1.54, 1.807) is 12.3 Å². The number of rotatable bonds is 6. The highest BCUT2D eigenvalue weighted by Gasteiger charge is 2.23. The van der Waals surface area contributed by atoms with E-state index in [1.807, 2.05) is 17.0 Å². The van der Waals surface area contributed by atoms with Crippen molar-refractivity contribution in [3.8, 4) is 11.5 Å². The molecule has 1 aromatic heterocycles. The molecule has 3 heterocycles. The summed E-state index contributed by atoms with van der Waals surface area (Å²) >= 11 is 0. The van der Waals surface area contributed by atoms with E-state index in [9.17, 15) is 4.79 Å². The van der Waals surface area contributed by atoms with Crippen molar-refractivity contribution in [3.63, 3.8) is 0 Å². The van der Waals surface area contributed by atoms with Crippen LogP contribution in [0.25, 0.3) is 0 Å². The molecule has 0 aliphatic carbocycles. The van der Waals surface area contributed by atoms with Gasteiger partial charge in [0.25, 0.3) is 5.91 Å². The standard InChI is InChI=1S/C20H23N5O3/c1-2-5-21-19-12-22-16(11-23-19)20(26)25-8-6-24(7-9-25)13-15-3-4-17-18(10-15)28-14-27-17/h2-4,10-12H,1,5-9,13-14H2,(H,21,23). The van der Waals surface area contributed by atoms with Gasteiger partial charge < -0.3 is 19.7 Å². The van der Waals surface area contributed by atoms with Crippen LogP contribution in [-0.4, -0.2) is 65.2 Å². The van der Waals surface area contributed by atoms with Crippen molar-refractivity contribution < 1.29 is 14.3 Å². The van der Waals surface area contributed by atoms with Crippen LogP contribution >= 0.6 is 0 Å². The average molecular weight is 381 g/mol. The molecule has 1 fully saturated rings. The lowest BCUT2D eigenvalue weighted by molar-refractivity contribution is 0.0622. The van der Waals surface area contributed by atoms with Gasteiger partial charge in [0.05, 0.1) is 12.4 Å². The predicted molar refractivity (Wildman–Crippen MR) is 104 cm³/mol. The fraction of sp³-hybridized carbons (Fsp3) is 0.350. The Labute approximate surface area is 163 Å². The van der Waals surface area contributed by atoms with E-state index >= 15 is 0 Å². The molecule has 8 nitrogen and oxygen atoms in total. The van der Waals surface area contributed by atoms with Crippen LogP contribution < -0.4 is 14.8 Å². The molecule has 1 saturated heterocycles. The van der Waals surface area contributed by atoms with E-state index in [0.717, 1.165) is 31.1 Å². The number of amides is 1. The van der Waals surface area contributed by atoms with Crippen molar-refractivity contribution in [1.82, 2.24) is 19.8 Å². The van der Waals surface area contributed by atoms with Gasteiger partial charge in [-0.2, -0.15) is 0 Å². The fourth-order valence-electron chi connectivity index (χ4n) is 3.28. The summed E-state index contributed by atoms with van der Waals surface area (Å²) in [4.78, 5) is 25.3. The molecule has 1 aromatic carbocycles. The quantitative estimate of drug-likeness (QED) is 0.764. The number of anilines is 1. The highest BCUT2D eigenvalue weighted by Crippen LogP contribution is 2.32. The molecule has 0 spiro atoms. The molecular formula is C20H23N5O3. The SMILES string of the molecule is C=CCNc1cnc(C(=O)N2CCN(Cc3ccc4c(c3)OCO4)CC2)cn1. The number of benzene rings is 1. The van der Waals surface area contributed by atoms with Crippen LogP contribution in [0.2, 0.25) is 0 Å². The number of nitrogens with one attached hydrogen (secondary N) is 1. The number of carbonyl (C=O) groups excluding carboxylic acids is 1. The number of carbonyl (C=O) groups is 1. The lowest BCUT2D eigenvalue weighted by Gasteiger charge is -2.34. The Kier molecular flexibility index (Phi) is 5.38. The van der Waals surface area contributed by atoms with Crippen LogP contribution in [0.3, 0.4) is 0 Å². The van der Waals surface area contributed by atoms with Crippen LogP contribution in [0.15, 0.2) is 43.2 Å². The molecular weight excluding hydrogens is 358 g/mol. The summed E-state index contributed by atoms with van der Waals surface area (Å²) < 4.78 is 10.8. The number of hydrogen-bond acceptors (Lipinski definition) is 7. The zero-order valence-electron chi connectivity index (χ0n) is 15.6. The molecule has 0 saturated carbocycles. The van der Waals surface area contributed by atoms with Gasteiger partial charge in [-0.3, -0.25) is 9.69 Å². The molecule has 0 unspecified atom stereocenters. The first-order valence-electron chi connectivity index (χ1n) is 9.30. The van der Waals surface area contributed by atoms with E-state index in [-0.39, 0.29) is 12.7 Å². The van der Waals surface area contributed by atoms with Crippen molar-refractivity contribution in [1.29, 1.82) is 0 Å². The maximum Gasteiger partial charge on any atom is 0.274 e. The van der Waals surface area contributed by atoms with Gasteiger partial charge in [-0.05, 0) is 17.7 Å². The van der Waals surface area contributed by atoms with Crippen molar-refractivity contribution in [2.45, 2.75) is 6.54 Å². The van der Waals surface area contributed by atoms with E-state index in [0.29, 0.717) is 31.1 Å². The smallest absolute Gasteiger partial charge is 0.274 e. The molecule has 1 N–H and O–H groups in total. The summed E-state index contributed by atoms with van der Waals surface area (Å²) in [6.07, 6.45) is 4.84. The van der Waals surface area contributed by atoms with E-state index in [2.05, 4.69) is 32.8 Å². The first-order chi connectivity index (χ1) is 13.7. The molecule has 8 heteroatoms. The van der Waals surface area contributed by atoms with Gasteiger partial charge in [0, 0.05) is 39.3 Å². The molecule has 2 aliphatic heterocycles. The summed E-state index contributed by atoms with van der Waals surface area (Å²) in [5.74, 6) is 2.15. The summed E-state index contributed by atoms with van der Waals surface area (Å²) in [7, 11) is 0. The zero-order valence-corrected chi connectivity index (χ0v) is 15.6. The number of ether oxygens (including phenoxy) is 2. The topological polar surface area (TPSA) is 79.8 Å². The van der Waals surface area contributed by atoms with E-state index in [1.165, 1.54) is 11.8 Å². The molecule has 0 bridgehead atoms. The Morgan fingerprint density at radius 3 is 2.71 bits per heavy atom. The number of fused-ring (bicyclic) bond motifs is 1. The summed E-state index contributed by atoms with van der Waals surface area (Å²) in [5, 5.41) is 3.04. The van der Waals surface area contributed by atoms with Crippen molar-refractivity contribution in [2.75, 3.05) is 44.8 Å². The third-order valence-corrected chi connectivity index (χ3v) is 4.80. The van der Waals surface area contributed by atoms with Crippen LogP contribution in [0.1, 0.15) is 16.1 Å². The number of hydrogen-bond donors (Lipinski definition) is 1. The molecule has 2 aliphatic rings. The Hall–Kier alpha value is -3.13. The summed E-state index contributed by atoms with van der Waals surface area (Å²) in [6, 6.07) is 6.03. The first kappa shape index (κ1) is 18.2. The largest absolute Gasteiger partial charge is 0.454 e. The van der Waals surface area contributed by atoms with Crippen LogP contribution in [0.4, 0.5) is 5.82 Å². The lowest BCUT2D eigenvalue weighted by atomic mass is 10.1. The normalized spacial score (nSPS) is 16.1. The molecule has 2 aromatic rings. The Morgan fingerprint density at radius 1 is 1.14 bits per heavy atom. The number of aromatic nitrogens is 2. The van der Waals surface area contributed by atoms with Gasteiger partial charge in [-0.25, -0.2) is 9.97 Å². The molecule has 0 radical (unpaired) electrons. The van der Waals surface area contributed by atoms with Gasteiger partial charge >= 0.3 is 0 Å². The van der Waals surface area contributed by atoms with Crippen LogP contribution in [0, 0.1) is 0 Å². The average Bonchev–Trinajstić information content (AvgIpc) is 3.20. The Balaban J connectivity index is 1.29. The fourth-order valence-corrected chi connectivity index (χ4v) is 3.28. The second kappa shape index (κ2) is 8.26. The Bertz CT molecular complexity index is 847. The van der Waals surface area contributed by atoms with Crippen molar-refractivity contribution in [2.24, 2.45) is 0 Å². The molecule has 0 atom stereocenters. The maximum absolute atomic E-state index is 12.7. The minimum Gasteiger partial charge on any atom is -0.454 e. The molecule has 4 rings (SSSR count). The number of piperazine rings is 1. The molecule has 1 amide bonds. The van der Waals surface area contributed by atoms with Crippen molar-refractivity contribution >= 4 is 11.7 Å². The van der Waals surface area contributed by atoms with Crippen LogP contribution in [0.5, 0.6) is 11.5 Å². The second-order valence-electron chi connectivity index (χ2n) is 6.71. The third kappa shape index (κ3) is 4.07. The highest BCUT2D eigenvalue weighted by atomic mass is 16.7. The van der Waals surface area contributed by atoms with Gasteiger partial charge in [0.1, 0.15) is 11.5 Å². The first-order valence-corrected chi connectivity index (χ1v) is 9.30. The van der Waals surface area contributed by atoms with Gasteiger partial charge in [0.15, 0.2) is 11.5 Å². The minimum absolute atomic E-state index is 0.0782. The second-order valence-corrected chi connectivity index (χ2v) is 6.71. The van der Waals surface area contributed by atoms with Gasteiger partial charge in [-0.15, -0.1) is 6.58 Å². The van der Waals surface area contributed by atoms with E-state index in [4.69, 9.17) is 9.47 Å². The van der Waals surface area contributed by atoms with Crippen LogP contribution in [-0.2, 0) is 6.54 Å². The van der Waals surface area contributed by atoms with Crippen molar-refractivity contribution in [3.05, 3.63) is 54.5 Å². The maximum atomic E-state index is 12.7. The third-order valence-electron chi connectivity index (χ3n) is 4.80. The predicted octanol–water partition coefficient (Wildman–Crippen LogP) is 1.76. The molecule has 146 valence electrons. The monoisotopic (exact) mass is 381 g/mol. The van der Waals surface area contributed by atoms with Gasteiger partial charge in [-0.1, -0.05) is 12.1 Å². The van der Waals surface area contributed by atoms with Gasteiger partial charge in [0.2, 0.25) is 6.79 Å². The minimum atomic E-state index is -0.0782. The summed E-state index contributed by atoms with van der Waals surface area (Å²) in [6.45, 7) is 8.32. The number of nitrogens with zero attached hydrogens (tertiary/aromatic N) is 4.